The highest BCUT2D eigenvalue weighted by atomic mass is 19.3. The molecular formula is C28H31F2N5O3. The van der Waals surface area contributed by atoms with E-state index in [1.165, 1.54) is 13.2 Å². The van der Waals surface area contributed by atoms with Gasteiger partial charge >= 0.3 is 5.97 Å². The summed E-state index contributed by atoms with van der Waals surface area (Å²) >= 11 is 0. The molecular weight excluding hydrogens is 492 g/mol. The molecule has 38 heavy (non-hydrogen) atoms. The van der Waals surface area contributed by atoms with Crippen molar-refractivity contribution in [2.75, 3.05) is 7.11 Å². The second-order valence-corrected chi connectivity index (χ2v) is 10.1. The molecule has 2 N–H and O–H groups in total. The zero-order chi connectivity index (χ0) is 27.5. The third kappa shape index (κ3) is 4.13. The number of rotatable bonds is 8. The van der Waals surface area contributed by atoms with Crippen molar-refractivity contribution in [3.63, 3.8) is 0 Å². The topological polar surface area (TPSA) is 97.2 Å². The van der Waals surface area contributed by atoms with Crippen molar-refractivity contribution in [3.05, 3.63) is 54.2 Å². The Bertz CT molecular complexity index is 1570. The number of nitrogens with two attached hydrogens (primary N) is 1. The Morgan fingerprint density at radius 2 is 1.97 bits per heavy atom. The van der Waals surface area contributed by atoms with Gasteiger partial charge in [-0.2, -0.15) is 0 Å². The number of alkyl halides is 2. The van der Waals surface area contributed by atoms with E-state index >= 15 is 0 Å². The van der Waals surface area contributed by atoms with Gasteiger partial charge in [0, 0.05) is 25.0 Å². The van der Waals surface area contributed by atoms with Crippen LogP contribution in [0.5, 0.6) is 5.75 Å². The van der Waals surface area contributed by atoms with Crippen LogP contribution in [0.1, 0.15) is 42.9 Å². The number of ether oxygens (including phenoxy) is 2. The first-order valence-electron chi connectivity index (χ1n) is 12.5. The summed E-state index contributed by atoms with van der Waals surface area (Å²) in [5.41, 5.74) is 9.39. The lowest BCUT2D eigenvalue weighted by molar-refractivity contribution is 0.0377. The van der Waals surface area contributed by atoms with E-state index in [0.29, 0.717) is 45.2 Å². The molecule has 8 nitrogen and oxygen atoms in total. The number of esters is 1. The summed E-state index contributed by atoms with van der Waals surface area (Å²) < 4.78 is 43.7. The number of allylic oxidation sites excluding steroid dienone is 1. The summed E-state index contributed by atoms with van der Waals surface area (Å²) in [6, 6.07) is 8.56. The number of imidazole rings is 1. The van der Waals surface area contributed by atoms with Crippen LogP contribution in [0.25, 0.3) is 33.6 Å². The first-order valence-corrected chi connectivity index (χ1v) is 12.5. The minimum atomic E-state index is -2.84. The summed E-state index contributed by atoms with van der Waals surface area (Å²) in [5.74, 6) is -4.17. The number of hydrogen-bond donors (Lipinski definition) is 1. The highest BCUT2D eigenvalue weighted by Crippen LogP contribution is 2.57. The number of carbonyl (C=O) groups is 1. The quantitative estimate of drug-likeness (QED) is 0.250. The van der Waals surface area contributed by atoms with E-state index in [-0.39, 0.29) is 18.7 Å². The Labute approximate surface area is 219 Å². The van der Waals surface area contributed by atoms with Gasteiger partial charge in [0.2, 0.25) is 0 Å². The Kier molecular flexibility index (Phi) is 6.25. The normalized spacial score (nSPS) is 19.2. The summed E-state index contributed by atoms with van der Waals surface area (Å²) in [6.07, 6.45) is 1.03. The molecule has 1 aliphatic carbocycles. The molecule has 3 aromatic heterocycles. The van der Waals surface area contributed by atoms with Crippen molar-refractivity contribution in [3.8, 4) is 17.3 Å². The van der Waals surface area contributed by atoms with Crippen molar-refractivity contribution in [2.45, 2.75) is 45.4 Å². The Morgan fingerprint density at radius 3 is 2.58 bits per heavy atom. The number of hydrogen-bond acceptors (Lipinski definition) is 6. The van der Waals surface area contributed by atoms with E-state index in [2.05, 4.69) is 6.58 Å². The summed E-state index contributed by atoms with van der Waals surface area (Å²) in [4.78, 5) is 22.2. The lowest BCUT2D eigenvalue weighted by atomic mass is 10.2. The maximum Gasteiger partial charge on any atom is 0.338 e. The van der Waals surface area contributed by atoms with E-state index in [4.69, 9.17) is 25.2 Å². The fraction of sp³-hybridized carbons (Fsp3) is 0.393. The highest BCUT2D eigenvalue weighted by molar-refractivity contribution is 5.97. The molecule has 5 rings (SSSR count). The molecule has 0 radical (unpaired) electrons. The molecule has 0 unspecified atom stereocenters. The molecule has 200 valence electrons. The van der Waals surface area contributed by atoms with Crippen LogP contribution in [0.4, 0.5) is 8.78 Å². The molecule has 0 bridgehead atoms. The molecule has 1 saturated carbocycles. The third-order valence-electron chi connectivity index (χ3n) is 7.09. The number of methoxy groups -OCH3 is 1. The summed E-state index contributed by atoms with van der Waals surface area (Å²) in [5, 5.41) is 0.781. The van der Waals surface area contributed by atoms with Crippen LogP contribution in [0.15, 0.2) is 43.0 Å². The van der Waals surface area contributed by atoms with Gasteiger partial charge in [-0.3, -0.25) is 0 Å². The number of carbonyl (C=O) groups excluding carboxylic acids is 1. The van der Waals surface area contributed by atoms with Gasteiger partial charge < -0.3 is 24.3 Å². The summed E-state index contributed by atoms with van der Waals surface area (Å²) in [6.45, 7) is 9.00. The molecule has 0 saturated heterocycles. The molecule has 0 aliphatic heterocycles. The minimum absolute atomic E-state index is 0.0320. The van der Waals surface area contributed by atoms with E-state index in [1.807, 2.05) is 36.7 Å². The lowest BCUT2D eigenvalue weighted by Crippen LogP contribution is -2.11. The van der Waals surface area contributed by atoms with Crippen molar-refractivity contribution >= 4 is 28.0 Å². The number of benzene rings is 1. The number of nitrogens with zero attached hydrogens (tertiary/aromatic N) is 4. The van der Waals surface area contributed by atoms with E-state index in [1.54, 1.807) is 30.5 Å². The molecule has 1 fully saturated rings. The lowest BCUT2D eigenvalue weighted by Gasteiger charge is -2.12. The Balaban J connectivity index is 1.70. The second kappa shape index (κ2) is 9.20. The first kappa shape index (κ1) is 25.8. The molecule has 3 heterocycles. The zero-order valence-corrected chi connectivity index (χ0v) is 22.0. The van der Waals surface area contributed by atoms with Gasteiger partial charge in [0.1, 0.15) is 16.9 Å². The predicted octanol–water partition coefficient (Wildman–Crippen LogP) is 5.25. The molecule has 3 atom stereocenters. The number of aromatic nitrogens is 4. The first-order chi connectivity index (χ1) is 18.0. The van der Waals surface area contributed by atoms with E-state index in [0.717, 1.165) is 5.39 Å². The van der Waals surface area contributed by atoms with Crippen LogP contribution in [0, 0.1) is 11.8 Å². The van der Waals surface area contributed by atoms with Crippen LogP contribution in [-0.4, -0.2) is 44.2 Å². The SMILES string of the molecule is C=C[C@@H]1[C@@H](Cn2c(-c3nc4cc(C(=O)OC(C)C)cc(OC)c4n3C)cc3ccc([C@@H](C)N)nc32)C1(F)F. The maximum atomic E-state index is 14.5. The van der Waals surface area contributed by atoms with E-state index in [9.17, 15) is 13.6 Å². The van der Waals surface area contributed by atoms with Gasteiger partial charge in [-0.25, -0.2) is 23.5 Å². The fourth-order valence-corrected chi connectivity index (χ4v) is 5.03. The maximum absolute atomic E-state index is 14.5. The number of halogens is 2. The summed E-state index contributed by atoms with van der Waals surface area (Å²) in [7, 11) is 3.33. The van der Waals surface area contributed by atoms with Crippen molar-refractivity contribution in [2.24, 2.45) is 24.6 Å². The number of pyridine rings is 1. The van der Waals surface area contributed by atoms with Crippen LogP contribution in [0.2, 0.25) is 0 Å². The molecule has 1 aliphatic rings. The Hall–Kier alpha value is -3.79. The average molecular weight is 524 g/mol. The minimum Gasteiger partial charge on any atom is -0.494 e. The third-order valence-corrected chi connectivity index (χ3v) is 7.09. The van der Waals surface area contributed by atoms with Crippen LogP contribution >= 0.6 is 0 Å². The van der Waals surface area contributed by atoms with Crippen molar-refractivity contribution < 1.29 is 23.0 Å². The predicted molar refractivity (Wildman–Crippen MR) is 141 cm³/mol. The van der Waals surface area contributed by atoms with Gasteiger partial charge in [-0.1, -0.05) is 6.08 Å². The largest absolute Gasteiger partial charge is 0.494 e. The standard InChI is InChI=1S/C28H31F2N5O3/c1-7-18-19(28(18,29)30)13-35-22(11-16-8-9-20(15(4)31)32-25(16)35)26-33-21-10-17(27(36)38-14(2)3)12-23(37-6)24(21)34(26)5/h7-12,14-15,18-19H,1,13,31H2,2-6H3/t15-,18-,19-/m1/s1. The van der Waals surface area contributed by atoms with Gasteiger partial charge in [0.05, 0.1) is 47.5 Å². The van der Waals surface area contributed by atoms with Crippen molar-refractivity contribution in [1.82, 2.24) is 19.1 Å². The molecule has 0 amide bonds. The molecule has 10 heteroatoms. The van der Waals surface area contributed by atoms with E-state index < -0.39 is 23.7 Å². The number of aryl methyl sites for hydroxylation is 1. The molecule has 0 spiro atoms. The number of fused-ring (bicyclic) bond motifs is 2. The Morgan fingerprint density at radius 1 is 1.24 bits per heavy atom. The second-order valence-electron chi connectivity index (χ2n) is 10.1. The average Bonchev–Trinajstić information content (AvgIpc) is 3.10. The van der Waals surface area contributed by atoms with Gasteiger partial charge in [-0.15, -0.1) is 6.58 Å². The molecule has 1 aromatic carbocycles. The smallest absolute Gasteiger partial charge is 0.338 e. The van der Waals surface area contributed by atoms with Crippen LogP contribution in [-0.2, 0) is 18.3 Å². The van der Waals surface area contributed by atoms with Crippen LogP contribution < -0.4 is 10.5 Å². The highest BCUT2D eigenvalue weighted by Gasteiger charge is 2.66. The van der Waals surface area contributed by atoms with Gasteiger partial charge in [0.15, 0.2) is 5.82 Å². The van der Waals surface area contributed by atoms with Crippen molar-refractivity contribution in [1.29, 1.82) is 0 Å². The zero-order valence-electron chi connectivity index (χ0n) is 22.0. The molecule has 4 aromatic rings. The monoisotopic (exact) mass is 523 g/mol. The van der Waals surface area contributed by atoms with Crippen LogP contribution in [0.3, 0.4) is 0 Å². The van der Waals surface area contributed by atoms with Gasteiger partial charge in [-0.05, 0) is 51.1 Å². The van der Waals surface area contributed by atoms with Gasteiger partial charge in [0.25, 0.3) is 5.92 Å². The fourth-order valence-electron chi connectivity index (χ4n) is 5.03.